The van der Waals surface area contributed by atoms with Crippen molar-refractivity contribution in [1.82, 2.24) is 10.6 Å². The lowest BCUT2D eigenvalue weighted by Gasteiger charge is -2.27. The second-order valence-corrected chi connectivity index (χ2v) is 7.18. The highest BCUT2D eigenvalue weighted by atomic mass is 16.5. The molecule has 0 fully saturated rings. The van der Waals surface area contributed by atoms with Crippen LogP contribution in [0, 0.1) is 0 Å². The summed E-state index contributed by atoms with van der Waals surface area (Å²) < 4.78 is 5.81. The molecule has 0 radical (unpaired) electrons. The fourth-order valence-corrected chi connectivity index (χ4v) is 3.93. The van der Waals surface area contributed by atoms with Crippen LogP contribution in [-0.4, -0.2) is 25.3 Å². The van der Waals surface area contributed by atoms with Gasteiger partial charge in [-0.2, -0.15) is 0 Å². The number of methoxy groups -OCH3 is 1. The Morgan fingerprint density at radius 3 is 2.33 bits per heavy atom. The normalized spacial score (nSPS) is 14.7. The molecule has 0 aliphatic heterocycles. The van der Waals surface area contributed by atoms with E-state index in [1.165, 1.54) is 21.9 Å². The van der Waals surface area contributed by atoms with Crippen molar-refractivity contribution in [2.45, 2.75) is 25.0 Å². The number of hydrogen-bond acceptors (Lipinski definition) is 2. The smallest absolute Gasteiger partial charge is 0.315 e. The highest BCUT2D eigenvalue weighted by molar-refractivity contribution is 5.86. The Hall–Kier alpha value is -2.85. The number of carbonyl (C=O) groups excluding carboxylic acids is 1. The number of carbonyl (C=O) groups is 1. The summed E-state index contributed by atoms with van der Waals surface area (Å²) in [6, 6.07) is 22.6. The molecule has 0 saturated heterocycles. The van der Waals surface area contributed by atoms with Gasteiger partial charge in [-0.1, -0.05) is 66.7 Å². The number of amides is 2. The van der Waals surface area contributed by atoms with E-state index in [9.17, 15) is 4.79 Å². The predicted octanol–water partition coefficient (Wildman–Crippen LogP) is 3.82. The molecule has 4 rings (SSSR count). The van der Waals surface area contributed by atoms with Crippen LogP contribution < -0.4 is 10.6 Å². The number of rotatable bonds is 5. The Balaban J connectivity index is 1.36. The SMILES string of the molecule is COC1(CNC(=O)NCc2cccc3ccccc23)Cc2ccccc2C1. The standard InChI is InChI=1S/C23H24N2O2/c1-27-23(13-18-8-2-3-9-19(18)14-23)16-25-22(26)24-15-20-11-6-10-17-7-4-5-12-21(17)20/h2-12H,13-16H2,1H3,(H2,24,25,26). The zero-order valence-electron chi connectivity index (χ0n) is 15.5. The summed E-state index contributed by atoms with van der Waals surface area (Å²) in [4.78, 5) is 12.4. The van der Waals surface area contributed by atoms with Crippen LogP contribution in [0.1, 0.15) is 16.7 Å². The average Bonchev–Trinajstić information content (AvgIpc) is 3.10. The molecule has 3 aromatic rings. The third-order valence-corrected chi connectivity index (χ3v) is 5.47. The molecule has 2 N–H and O–H groups in total. The fourth-order valence-electron chi connectivity index (χ4n) is 3.93. The average molecular weight is 360 g/mol. The topological polar surface area (TPSA) is 50.4 Å². The van der Waals surface area contributed by atoms with Crippen molar-refractivity contribution in [2.75, 3.05) is 13.7 Å². The molecule has 0 heterocycles. The predicted molar refractivity (Wildman–Crippen MR) is 108 cm³/mol. The second-order valence-electron chi connectivity index (χ2n) is 7.18. The molecule has 4 heteroatoms. The van der Waals surface area contributed by atoms with Gasteiger partial charge in [0.1, 0.15) is 0 Å². The van der Waals surface area contributed by atoms with Crippen molar-refractivity contribution < 1.29 is 9.53 Å². The molecule has 0 saturated carbocycles. The van der Waals surface area contributed by atoms with E-state index in [1.54, 1.807) is 7.11 Å². The first-order valence-electron chi connectivity index (χ1n) is 9.29. The molecule has 0 spiro atoms. The lowest BCUT2D eigenvalue weighted by Crippen LogP contribution is -2.48. The van der Waals surface area contributed by atoms with Crippen LogP contribution in [0.5, 0.6) is 0 Å². The molecule has 138 valence electrons. The summed E-state index contributed by atoms with van der Waals surface area (Å²) in [6.07, 6.45) is 1.65. The van der Waals surface area contributed by atoms with Crippen LogP contribution in [-0.2, 0) is 24.1 Å². The highest BCUT2D eigenvalue weighted by Gasteiger charge is 2.37. The van der Waals surface area contributed by atoms with Gasteiger partial charge < -0.3 is 15.4 Å². The summed E-state index contributed by atoms with van der Waals surface area (Å²) in [5.41, 5.74) is 3.35. The van der Waals surface area contributed by atoms with Crippen molar-refractivity contribution in [3.05, 3.63) is 83.4 Å². The number of nitrogens with one attached hydrogen (secondary N) is 2. The van der Waals surface area contributed by atoms with E-state index in [0.717, 1.165) is 18.4 Å². The van der Waals surface area contributed by atoms with Gasteiger partial charge in [-0.15, -0.1) is 0 Å². The summed E-state index contributed by atoms with van der Waals surface area (Å²) in [5, 5.41) is 8.31. The van der Waals surface area contributed by atoms with Crippen LogP contribution >= 0.6 is 0 Å². The van der Waals surface area contributed by atoms with Crippen LogP contribution in [0.25, 0.3) is 10.8 Å². The van der Waals surface area contributed by atoms with E-state index in [0.29, 0.717) is 13.1 Å². The Labute approximate surface area is 159 Å². The number of benzene rings is 3. The van der Waals surface area contributed by atoms with Crippen LogP contribution in [0.3, 0.4) is 0 Å². The first-order valence-corrected chi connectivity index (χ1v) is 9.29. The molecule has 0 unspecified atom stereocenters. The summed E-state index contributed by atoms with van der Waals surface area (Å²) in [7, 11) is 1.72. The van der Waals surface area contributed by atoms with Crippen molar-refractivity contribution in [3.63, 3.8) is 0 Å². The quantitative estimate of drug-likeness (QED) is 0.727. The second kappa shape index (κ2) is 7.41. The van der Waals surface area contributed by atoms with E-state index in [4.69, 9.17) is 4.74 Å². The Kier molecular flexibility index (Phi) is 4.82. The third kappa shape index (κ3) is 3.67. The molecule has 3 aromatic carbocycles. The largest absolute Gasteiger partial charge is 0.376 e. The fraction of sp³-hybridized carbons (Fsp3) is 0.261. The summed E-state index contributed by atoms with van der Waals surface area (Å²) in [5.74, 6) is 0. The maximum absolute atomic E-state index is 12.4. The molecule has 0 bridgehead atoms. The van der Waals surface area contributed by atoms with E-state index in [1.807, 2.05) is 24.3 Å². The molecule has 0 atom stereocenters. The Bertz CT molecular complexity index is 937. The van der Waals surface area contributed by atoms with Gasteiger partial charge >= 0.3 is 6.03 Å². The molecule has 2 amide bonds. The van der Waals surface area contributed by atoms with Gasteiger partial charge in [0.2, 0.25) is 0 Å². The van der Waals surface area contributed by atoms with Gasteiger partial charge in [-0.05, 0) is 27.5 Å². The lowest BCUT2D eigenvalue weighted by molar-refractivity contribution is 0.00177. The number of urea groups is 1. The molecule has 0 aromatic heterocycles. The maximum Gasteiger partial charge on any atom is 0.315 e. The number of ether oxygens (including phenoxy) is 1. The van der Waals surface area contributed by atoms with E-state index >= 15 is 0 Å². The van der Waals surface area contributed by atoms with Crippen LogP contribution in [0.2, 0.25) is 0 Å². The molecule has 27 heavy (non-hydrogen) atoms. The third-order valence-electron chi connectivity index (χ3n) is 5.47. The molecular weight excluding hydrogens is 336 g/mol. The minimum Gasteiger partial charge on any atom is -0.376 e. The van der Waals surface area contributed by atoms with Gasteiger partial charge in [0.05, 0.1) is 5.60 Å². The first-order chi connectivity index (χ1) is 13.2. The first kappa shape index (κ1) is 17.6. The molecule has 4 nitrogen and oxygen atoms in total. The van der Waals surface area contributed by atoms with Gasteiger partial charge in [-0.25, -0.2) is 4.79 Å². The van der Waals surface area contributed by atoms with E-state index in [-0.39, 0.29) is 11.6 Å². The minimum atomic E-state index is -0.361. The van der Waals surface area contributed by atoms with Gasteiger partial charge in [-0.3, -0.25) is 0 Å². The monoisotopic (exact) mass is 360 g/mol. The molecular formula is C23H24N2O2. The number of hydrogen-bond donors (Lipinski definition) is 2. The van der Waals surface area contributed by atoms with Crippen LogP contribution in [0.4, 0.5) is 4.79 Å². The lowest BCUT2D eigenvalue weighted by atomic mass is 10.0. The summed E-state index contributed by atoms with van der Waals surface area (Å²) in [6.45, 7) is 0.979. The molecule has 1 aliphatic rings. The van der Waals surface area contributed by atoms with Crippen molar-refractivity contribution in [2.24, 2.45) is 0 Å². The Morgan fingerprint density at radius 2 is 1.59 bits per heavy atom. The highest BCUT2D eigenvalue weighted by Crippen LogP contribution is 2.32. The minimum absolute atomic E-state index is 0.171. The zero-order valence-corrected chi connectivity index (χ0v) is 15.5. The van der Waals surface area contributed by atoms with Crippen LogP contribution in [0.15, 0.2) is 66.7 Å². The van der Waals surface area contributed by atoms with Gasteiger partial charge in [0.15, 0.2) is 0 Å². The summed E-state index contributed by atoms with van der Waals surface area (Å²) >= 11 is 0. The number of fused-ring (bicyclic) bond motifs is 2. The van der Waals surface area contributed by atoms with Gasteiger partial charge in [0, 0.05) is 33.0 Å². The van der Waals surface area contributed by atoms with Crippen molar-refractivity contribution in [3.8, 4) is 0 Å². The Morgan fingerprint density at radius 1 is 0.926 bits per heavy atom. The van der Waals surface area contributed by atoms with Crippen molar-refractivity contribution in [1.29, 1.82) is 0 Å². The zero-order chi connectivity index (χ0) is 18.7. The van der Waals surface area contributed by atoms with E-state index < -0.39 is 0 Å². The molecule has 1 aliphatic carbocycles. The van der Waals surface area contributed by atoms with E-state index in [2.05, 4.69) is 53.1 Å². The maximum atomic E-state index is 12.4. The van der Waals surface area contributed by atoms with Gasteiger partial charge in [0.25, 0.3) is 0 Å². The van der Waals surface area contributed by atoms with Crippen molar-refractivity contribution >= 4 is 16.8 Å².